The highest BCUT2D eigenvalue weighted by Crippen LogP contribution is 2.39. The van der Waals surface area contributed by atoms with E-state index < -0.39 is 0 Å². The predicted octanol–water partition coefficient (Wildman–Crippen LogP) is 3.18. The number of nitrogens with zero attached hydrogens (tertiary/aromatic N) is 1. The van der Waals surface area contributed by atoms with Crippen LogP contribution < -0.4 is 14.8 Å². The molecule has 22 heavy (non-hydrogen) atoms. The second-order valence-electron chi connectivity index (χ2n) is 6.16. The van der Waals surface area contributed by atoms with Gasteiger partial charge in [0.15, 0.2) is 11.5 Å². The molecule has 0 bridgehead atoms. The minimum Gasteiger partial charge on any atom is -0.492 e. The standard InChI is InChI=1S/C17H25BrN2O2/c1-21-17-15(18)10-13(12-20-8-6-19-7-9-20)11-16(17)22-14-4-2-3-5-14/h10-11,14,19H,2-9,12H2,1H3. The Morgan fingerprint density at radius 3 is 2.64 bits per heavy atom. The molecule has 3 rings (SSSR count). The van der Waals surface area contributed by atoms with E-state index in [0.29, 0.717) is 6.10 Å². The van der Waals surface area contributed by atoms with Gasteiger partial charge < -0.3 is 14.8 Å². The SMILES string of the molecule is COc1c(Br)cc(CN2CCNCC2)cc1OC1CCCC1. The van der Waals surface area contributed by atoms with E-state index in [2.05, 4.69) is 38.3 Å². The quantitative estimate of drug-likeness (QED) is 0.865. The Balaban J connectivity index is 1.76. The van der Waals surface area contributed by atoms with Crippen LogP contribution in [0.15, 0.2) is 16.6 Å². The summed E-state index contributed by atoms with van der Waals surface area (Å²) < 4.78 is 12.7. The molecule has 1 aliphatic carbocycles. The van der Waals surface area contributed by atoms with Gasteiger partial charge >= 0.3 is 0 Å². The number of methoxy groups -OCH3 is 1. The van der Waals surface area contributed by atoms with Gasteiger partial charge in [0.2, 0.25) is 0 Å². The van der Waals surface area contributed by atoms with Crippen LogP contribution in [-0.2, 0) is 6.54 Å². The molecule has 1 N–H and O–H groups in total. The summed E-state index contributed by atoms with van der Waals surface area (Å²) in [5.41, 5.74) is 1.28. The first-order valence-corrected chi connectivity index (χ1v) is 9.01. The molecule has 2 aliphatic rings. The first-order valence-electron chi connectivity index (χ1n) is 8.22. The Kier molecular flexibility index (Phi) is 5.61. The first kappa shape index (κ1) is 16.1. The van der Waals surface area contributed by atoms with Gasteiger partial charge in [-0.1, -0.05) is 0 Å². The van der Waals surface area contributed by atoms with E-state index in [0.717, 1.165) is 61.5 Å². The Morgan fingerprint density at radius 2 is 1.95 bits per heavy atom. The van der Waals surface area contributed by atoms with E-state index in [1.54, 1.807) is 7.11 Å². The number of piperazine rings is 1. The van der Waals surface area contributed by atoms with E-state index in [4.69, 9.17) is 9.47 Å². The molecular formula is C17H25BrN2O2. The normalized spacial score (nSPS) is 20.3. The van der Waals surface area contributed by atoms with Gasteiger partial charge in [-0.15, -0.1) is 0 Å². The Bertz CT molecular complexity index is 498. The summed E-state index contributed by atoms with van der Waals surface area (Å²) in [7, 11) is 1.71. The van der Waals surface area contributed by atoms with Gasteiger partial charge in [-0.3, -0.25) is 4.90 Å². The van der Waals surface area contributed by atoms with Gasteiger partial charge in [-0.2, -0.15) is 0 Å². The number of hydrogen-bond acceptors (Lipinski definition) is 4. The number of benzene rings is 1. The van der Waals surface area contributed by atoms with Crippen molar-refractivity contribution < 1.29 is 9.47 Å². The van der Waals surface area contributed by atoms with Crippen LogP contribution in [-0.4, -0.2) is 44.3 Å². The van der Waals surface area contributed by atoms with Crippen LogP contribution >= 0.6 is 15.9 Å². The molecular weight excluding hydrogens is 344 g/mol. The third-order valence-electron chi connectivity index (χ3n) is 4.49. The summed E-state index contributed by atoms with van der Waals surface area (Å²) in [5.74, 6) is 1.70. The molecule has 0 atom stereocenters. The molecule has 1 saturated carbocycles. The van der Waals surface area contributed by atoms with Gasteiger partial charge in [-0.25, -0.2) is 0 Å². The van der Waals surface area contributed by atoms with Crippen LogP contribution in [0.3, 0.4) is 0 Å². The van der Waals surface area contributed by atoms with E-state index in [1.807, 2.05) is 0 Å². The number of nitrogens with one attached hydrogen (secondary N) is 1. The fourth-order valence-corrected chi connectivity index (χ4v) is 3.96. The summed E-state index contributed by atoms with van der Waals surface area (Å²) in [6.45, 7) is 5.31. The minimum atomic E-state index is 0.343. The van der Waals surface area contributed by atoms with Crippen LogP contribution in [0.5, 0.6) is 11.5 Å². The van der Waals surface area contributed by atoms with Crippen LogP contribution in [0.2, 0.25) is 0 Å². The van der Waals surface area contributed by atoms with Crippen LogP contribution in [0.4, 0.5) is 0 Å². The number of hydrogen-bond donors (Lipinski definition) is 1. The molecule has 1 saturated heterocycles. The van der Waals surface area contributed by atoms with Crippen LogP contribution in [0.25, 0.3) is 0 Å². The molecule has 1 aliphatic heterocycles. The fraction of sp³-hybridized carbons (Fsp3) is 0.647. The lowest BCUT2D eigenvalue weighted by atomic mass is 10.1. The summed E-state index contributed by atoms with van der Waals surface area (Å²) in [6.07, 6.45) is 5.20. The highest BCUT2D eigenvalue weighted by atomic mass is 79.9. The van der Waals surface area contributed by atoms with Gasteiger partial charge in [0.1, 0.15) is 0 Å². The number of rotatable bonds is 5. The Morgan fingerprint density at radius 1 is 1.23 bits per heavy atom. The lowest BCUT2D eigenvalue weighted by Gasteiger charge is -2.27. The van der Waals surface area contributed by atoms with Crippen molar-refractivity contribution in [3.8, 4) is 11.5 Å². The molecule has 0 unspecified atom stereocenters. The lowest BCUT2D eigenvalue weighted by molar-refractivity contribution is 0.199. The maximum atomic E-state index is 6.22. The smallest absolute Gasteiger partial charge is 0.174 e. The largest absolute Gasteiger partial charge is 0.492 e. The summed E-state index contributed by atoms with van der Waals surface area (Å²) in [5, 5.41) is 3.39. The van der Waals surface area contributed by atoms with Crippen molar-refractivity contribution in [2.24, 2.45) is 0 Å². The lowest BCUT2D eigenvalue weighted by Crippen LogP contribution is -2.42. The average molecular weight is 369 g/mol. The van der Waals surface area contributed by atoms with Crippen molar-refractivity contribution in [2.75, 3.05) is 33.3 Å². The van der Waals surface area contributed by atoms with Crippen molar-refractivity contribution >= 4 is 15.9 Å². The molecule has 1 aromatic carbocycles. The van der Waals surface area contributed by atoms with Crippen molar-refractivity contribution in [3.05, 3.63) is 22.2 Å². The summed E-state index contributed by atoms with van der Waals surface area (Å²) in [4.78, 5) is 2.48. The monoisotopic (exact) mass is 368 g/mol. The van der Waals surface area contributed by atoms with E-state index in [1.165, 1.54) is 18.4 Å². The molecule has 0 spiro atoms. The zero-order chi connectivity index (χ0) is 15.4. The number of ether oxygens (including phenoxy) is 2. The summed E-state index contributed by atoms with van der Waals surface area (Å²) in [6, 6.07) is 4.31. The first-order chi connectivity index (χ1) is 10.8. The molecule has 1 heterocycles. The second kappa shape index (κ2) is 7.66. The van der Waals surface area contributed by atoms with Crippen molar-refractivity contribution in [1.29, 1.82) is 0 Å². The van der Waals surface area contributed by atoms with Crippen LogP contribution in [0.1, 0.15) is 31.2 Å². The number of halogens is 1. The highest BCUT2D eigenvalue weighted by molar-refractivity contribution is 9.10. The molecule has 0 radical (unpaired) electrons. The highest BCUT2D eigenvalue weighted by Gasteiger charge is 2.21. The molecule has 0 aromatic heterocycles. The average Bonchev–Trinajstić information content (AvgIpc) is 3.01. The van der Waals surface area contributed by atoms with Gasteiger partial charge in [0.25, 0.3) is 0 Å². The third-order valence-corrected chi connectivity index (χ3v) is 5.07. The zero-order valence-electron chi connectivity index (χ0n) is 13.2. The van der Waals surface area contributed by atoms with E-state index >= 15 is 0 Å². The molecule has 0 amide bonds. The third kappa shape index (κ3) is 3.94. The summed E-state index contributed by atoms with van der Waals surface area (Å²) >= 11 is 3.64. The molecule has 4 nitrogen and oxygen atoms in total. The predicted molar refractivity (Wildman–Crippen MR) is 91.7 cm³/mol. The van der Waals surface area contributed by atoms with Crippen molar-refractivity contribution in [3.63, 3.8) is 0 Å². The molecule has 5 heteroatoms. The van der Waals surface area contributed by atoms with E-state index in [-0.39, 0.29) is 0 Å². The van der Waals surface area contributed by atoms with Crippen molar-refractivity contribution in [1.82, 2.24) is 10.2 Å². The van der Waals surface area contributed by atoms with Gasteiger partial charge in [0.05, 0.1) is 17.7 Å². The second-order valence-corrected chi connectivity index (χ2v) is 7.01. The Hall–Kier alpha value is -0.780. The molecule has 1 aromatic rings. The molecule has 2 fully saturated rings. The Labute approximate surface area is 141 Å². The van der Waals surface area contributed by atoms with E-state index in [9.17, 15) is 0 Å². The topological polar surface area (TPSA) is 33.7 Å². The molecule has 122 valence electrons. The maximum absolute atomic E-state index is 6.22. The van der Waals surface area contributed by atoms with Crippen molar-refractivity contribution in [2.45, 2.75) is 38.3 Å². The maximum Gasteiger partial charge on any atom is 0.174 e. The fourth-order valence-electron chi connectivity index (χ4n) is 3.31. The van der Waals surface area contributed by atoms with Crippen LogP contribution in [0, 0.1) is 0 Å². The van der Waals surface area contributed by atoms with Gasteiger partial charge in [-0.05, 0) is 59.3 Å². The minimum absolute atomic E-state index is 0.343. The van der Waals surface area contributed by atoms with Gasteiger partial charge in [0, 0.05) is 32.7 Å². The zero-order valence-corrected chi connectivity index (χ0v) is 14.8.